The van der Waals surface area contributed by atoms with Gasteiger partial charge in [-0.1, -0.05) is 0 Å². The van der Waals surface area contributed by atoms with E-state index in [2.05, 4.69) is 15.1 Å². The number of fused-ring (bicyclic) bond motifs is 1. The van der Waals surface area contributed by atoms with Gasteiger partial charge in [-0.25, -0.2) is 13.1 Å². The predicted molar refractivity (Wildman–Crippen MR) is 91.1 cm³/mol. The number of nitrogens with zero attached hydrogens (tertiary/aromatic N) is 2. The summed E-state index contributed by atoms with van der Waals surface area (Å²) in [4.78, 5) is 0.265. The minimum absolute atomic E-state index is 0. The van der Waals surface area contributed by atoms with Gasteiger partial charge in [-0.2, -0.15) is 5.10 Å². The molecule has 0 fully saturated rings. The maximum atomic E-state index is 12.3. The van der Waals surface area contributed by atoms with Crippen molar-refractivity contribution in [3.05, 3.63) is 24.4 Å². The van der Waals surface area contributed by atoms with E-state index < -0.39 is 10.0 Å². The molecule has 1 atom stereocenters. The van der Waals surface area contributed by atoms with Crippen LogP contribution < -0.4 is 10.0 Å². The summed E-state index contributed by atoms with van der Waals surface area (Å²) < 4.78 is 29.0. The molecule has 0 bridgehead atoms. The Morgan fingerprint density at radius 1 is 1.27 bits per heavy atom. The number of sulfonamides is 1. The third-order valence-corrected chi connectivity index (χ3v) is 4.86. The van der Waals surface area contributed by atoms with Gasteiger partial charge < -0.3 is 5.32 Å². The zero-order valence-corrected chi connectivity index (χ0v) is 14.8. The number of rotatable bonds is 6. The molecule has 22 heavy (non-hydrogen) atoms. The fourth-order valence-corrected chi connectivity index (χ4v) is 3.20. The van der Waals surface area contributed by atoms with Crippen LogP contribution in [-0.4, -0.2) is 37.8 Å². The van der Waals surface area contributed by atoms with E-state index in [9.17, 15) is 8.42 Å². The highest BCUT2D eigenvalue weighted by Crippen LogP contribution is 2.21. The van der Waals surface area contributed by atoms with E-state index in [-0.39, 0.29) is 29.4 Å². The molecule has 124 valence electrons. The SMILES string of the molecule is CNC(C)CNS(=O)(=O)c1ccc2c(cnn2C(C)C)c1.Cl. The highest BCUT2D eigenvalue weighted by Gasteiger charge is 2.16. The second-order valence-corrected chi connectivity index (χ2v) is 7.21. The van der Waals surface area contributed by atoms with E-state index in [1.165, 1.54) is 0 Å². The Kier molecular flexibility index (Phi) is 6.37. The molecule has 0 saturated carbocycles. The van der Waals surface area contributed by atoms with Crippen LogP contribution in [0.25, 0.3) is 10.9 Å². The summed E-state index contributed by atoms with van der Waals surface area (Å²) in [6.45, 7) is 6.34. The number of hydrogen-bond donors (Lipinski definition) is 2. The second-order valence-electron chi connectivity index (χ2n) is 5.45. The van der Waals surface area contributed by atoms with Crippen LogP contribution in [0.2, 0.25) is 0 Å². The van der Waals surface area contributed by atoms with Gasteiger partial charge in [0.1, 0.15) is 0 Å². The number of benzene rings is 1. The smallest absolute Gasteiger partial charge is 0.240 e. The van der Waals surface area contributed by atoms with Crippen LogP contribution in [-0.2, 0) is 10.0 Å². The third kappa shape index (κ3) is 3.98. The fraction of sp³-hybridized carbons (Fsp3) is 0.500. The van der Waals surface area contributed by atoms with Crippen molar-refractivity contribution in [3.63, 3.8) is 0 Å². The van der Waals surface area contributed by atoms with Crippen molar-refractivity contribution in [1.29, 1.82) is 0 Å². The lowest BCUT2D eigenvalue weighted by molar-refractivity contribution is 0.550. The van der Waals surface area contributed by atoms with Gasteiger partial charge in [0, 0.05) is 24.0 Å². The molecule has 2 aromatic rings. The lowest BCUT2D eigenvalue weighted by Gasteiger charge is -2.12. The molecule has 2 N–H and O–H groups in total. The second kappa shape index (κ2) is 7.41. The molecular weight excluding hydrogens is 324 g/mol. The Bertz CT molecular complexity index is 728. The highest BCUT2D eigenvalue weighted by atomic mass is 35.5. The molecule has 1 unspecified atom stereocenters. The molecule has 6 nitrogen and oxygen atoms in total. The van der Waals surface area contributed by atoms with Crippen LogP contribution >= 0.6 is 12.4 Å². The van der Waals surface area contributed by atoms with E-state index >= 15 is 0 Å². The zero-order valence-electron chi connectivity index (χ0n) is 13.2. The Morgan fingerprint density at radius 2 is 1.95 bits per heavy atom. The fourth-order valence-electron chi connectivity index (χ4n) is 2.03. The average molecular weight is 347 g/mol. The average Bonchev–Trinajstić information content (AvgIpc) is 2.87. The van der Waals surface area contributed by atoms with E-state index in [0.717, 1.165) is 10.9 Å². The molecule has 0 saturated heterocycles. The molecule has 1 aromatic carbocycles. The number of nitrogens with one attached hydrogen (secondary N) is 2. The monoisotopic (exact) mass is 346 g/mol. The summed E-state index contributed by atoms with van der Waals surface area (Å²) in [6.07, 6.45) is 1.70. The first-order valence-corrected chi connectivity index (χ1v) is 8.47. The Morgan fingerprint density at radius 3 is 2.55 bits per heavy atom. The van der Waals surface area contributed by atoms with Crippen LogP contribution in [0.4, 0.5) is 0 Å². The Balaban J connectivity index is 0.00000242. The van der Waals surface area contributed by atoms with E-state index in [4.69, 9.17) is 0 Å². The maximum absolute atomic E-state index is 12.3. The topological polar surface area (TPSA) is 76.0 Å². The summed E-state index contributed by atoms with van der Waals surface area (Å²) in [7, 11) is -1.70. The van der Waals surface area contributed by atoms with E-state index in [0.29, 0.717) is 6.54 Å². The molecule has 0 aliphatic rings. The molecule has 1 heterocycles. The van der Waals surface area contributed by atoms with Crippen molar-refractivity contribution >= 4 is 33.3 Å². The number of halogens is 1. The first kappa shape index (κ1) is 18.9. The molecule has 0 radical (unpaired) electrons. The summed E-state index contributed by atoms with van der Waals surface area (Å²) >= 11 is 0. The lowest BCUT2D eigenvalue weighted by Crippen LogP contribution is -2.37. The largest absolute Gasteiger partial charge is 0.316 e. The lowest BCUT2D eigenvalue weighted by atomic mass is 10.2. The predicted octanol–water partition coefficient (Wildman–Crippen LogP) is 1.93. The van der Waals surface area contributed by atoms with Crippen LogP contribution in [0.15, 0.2) is 29.3 Å². The summed E-state index contributed by atoms with van der Waals surface area (Å²) in [5.41, 5.74) is 0.938. The van der Waals surface area contributed by atoms with E-state index in [1.807, 2.05) is 25.5 Å². The third-order valence-electron chi connectivity index (χ3n) is 3.44. The van der Waals surface area contributed by atoms with Crippen molar-refractivity contribution in [3.8, 4) is 0 Å². The van der Waals surface area contributed by atoms with Crippen molar-refractivity contribution < 1.29 is 8.42 Å². The van der Waals surface area contributed by atoms with Crippen LogP contribution in [0.3, 0.4) is 0 Å². The molecule has 1 aromatic heterocycles. The molecule has 0 aliphatic carbocycles. The van der Waals surface area contributed by atoms with Gasteiger partial charge in [-0.15, -0.1) is 12.4 Å². The van der Waals surface area contributed by atoms with Crippen molar-refractivity contribution in [2.45, 2.75) is 37.8 Å². The number of aromatic nitrogens is 2. The molecule has 0 amide bonds. The van der Waals surface area contributed by atoms with Crippen LogP contribution in [0.5, 0.6) is 0 Å². The van der Waals surface area contributed by atoms with Crippen molar-refractivity contribution in [2.75, 3.05) is 13.6 Å². The first-order chi connectivity index (χ1) is 9.85. The molecule has 0 spiro atoms. The van der Waals surface area contributed by atoms with E-state index in [1.54, 1.807) is 31.4 Å². The van der Waals surface area contributed by atoms with Crippen LogP contribution in [0.1, 0.15) is 26.8 Å². The van der Waals surface area contributed by atoms with Gasteiger partial charge >= 0.3 is 0 Å². The van der Waals surface area contributed by atoms with Gasteiger partial charge in [-0.3, -0.25) is 4.68 Å². The normalized spacial score (nSPS) is 13.3. The van der Waals surface area contributed by atoms with Gasteiger partial charge in [0.05, 0.1) is 16.6 Å². The number of hydrogen-bond acceptors (Lipinski definition) is 4. The highest BCUT2D eigenvalue weighted by molar-refractivity contribution is 7.89. The summed E-state index contributed by atoms with van der Waals surface area (Å²) in [6, 6.07) is 5.40. The maximum Gasteiger partial charge on any atom is 0.240 e. The van der Waals surface area contributed by atoms with Gasteiger partial charge in [0.15, 0.2) is 0 Å². The molecule has 8 heteroatoms. The minimum atomic E-state index is -3.49. The number of likely N-dealkylation sites (N-methyl/N-ethyl adjacent to an activating group) is 1. The standard InChI is InChI=1S/C14H22N4O2S.ClH/c1-10(2)18-14-6-5-13(7-12(14)9-16-18)21(19,20)17-8-11(3)15-4;/h5-7,9-11,15,17H,8H2,1-4H3;1H. The summed E-state index contributed by atoms with van der Waals surface area (Å²) in [5, 5.41) is 8.12. The van der Waals surface area contributed by atoms with Crippen LogP contribution in [0, 0.1) is 0 Å². The van der Waals surface area contributed by atoms with Crippen molar-refractivity contribution in [1.82, 2.24) is 19.8 Å². The van der Waals surface area contributed by atoms with Crippen molar-refractivity contribution in [2.24, 2.45) is 0 Å². The minimum Gasteiger partial charge on any atom is -0.316 e. The van der Waals surface area contributed by atoms with Gasteiger partial charge in [-0.05, 0) is 46.0 Å². The zero-order chi connectivity index (χ0) is 15.6. The quantitative estimate of drug-likeness (QED) is 0.838. The summed E-state index contributed by atoms with van der Waals surface area (Å²) in [5.74, 6) is 0. The molecular formula is C14H23ClN4O2S. The molecule has 0 aliphatic heterocycles. The first-order valence-electron chi connectivity index (χ1n) is 6.99. The Labute approximate surface area is 137 Å². The van der Waals surface area contributed by atoms with Gasteiger partial charge in [0.2, 0.25) is 10.0 Å². The Hall–Kier alpha value is -1.15. The van der Waals surface area contributed by atoms with Gasteiger partial charge in [0.25, 0.3) is 0 Å². The molecule has 2 rings (SSSR count).